The fourth-order valence-electron chi connectivity index (χ4n) is 2.62. The number of aryl methyl sites for hydroxylation is 1. The van der Waals surface area contributed by atoms with Gasteiger partial charge in [-0.25, -0.2) is 0 Å². The summed E-state index contributed by atoms with van der Waals surface area (Å²) in [6.45, 7) is 1.91. The van der Waals surface area contributed by atoms with Gasteiger partial charge >= 0.3 is 0 Å². The van der Waals surface area contributed by atoms with Crippen LogP contribution in [-0.4, -0.2) is 36.8 Å². The van der Waals surface area contributed by atoms with E-state index in [-0.39, 0.29) is 17.4 Å². The summed E-state index contributed by atoms with van der Waals surface area (Å²) in [6.07, 6.45) is 0. The van der Waals surface area contributed by atoms with Gasteiger partial charge in [-0.1, -0.05) is 6.07 Å². The summed E-state index contributed by atoms with van der Waals surface area (Å²) in [5.41, 5.74) is 2.37. The molecule has 0 saturated carbocycles. The van der Waals surface area contributed by atoms with Crippen LogP contribution >= 0.6 is 0 Å². The molecule has 122 valence electrons. The Hall–Kier alpha value is -3.15. The second-order valence-electron chi connectivity index (χ2n) is 5.59. The van der Waals surface area contributed by atoms with E-state index in [2.05, 4.69) is 5.32 Å². The van der Waals surface area contributed by atoms with Crippen LogP contribution < -0.4 is 10.1 Å². The van der Waals surface area contributed by atoms with E-state index in [0.29, 0.717) is 22.6 Å². The number of imide groups is 1. The van der Waals surface area contributed by atoms with E-state index in [0.717, 1.165) is 10.5 Å². The molecule has 0 bridgehead atoms. The van der Waals surface area contributed by atoms with Gasteiger partial charge in [-0.3, -0.25) is 19.3 Å². The minimum absolute atomic E-state index is 0.242. The highest BCUT2D eigenvalue weighted by Gasteiger charge is 2.33. The number of hydrogen-bond acceptors (Lipinski definition) is 4. The van der Waals surface area contributed by atoms with Crippen LogP contribution in [0.1, 0.15) is 36.6 Å². The van der Waals surface area contributed by atoms with Gasteiger partial charge in [0.1, 0.15) is 5.75 Å². The molecule has 0 fully saturated rings. The van der Waals surface area contributed by atoms with Crippen molar-refractivity contribution in [3.8, 4) is 5.75 Å². The van der Waals surface area contributed by atoms with Gasteiger partial charge in [0.2, 0.25) is 0 Å². The monoisotopic (exact) mass is 324 g/mol. The predicted molar refractivity (Wildman–Crippen MR) is 88.6 cm³/mol. The quantitative estimate of drug-likeness (QED) is 0.880. The fraction of sp³-hybridized carbons (Fsp3) is 0.167. The van der Waals surface area contributed by atoms with Crippen LogP contribution in [0.5, 0.6) is 5.75 Å². The van der Waals surface area contributed by atoms with Gasteiger partial charge in [0.25, 0.3) is 17.7 Å². The first-order valence-corrected chi connectivity index (χ1v) is 7.35. The molecule has 1 aliphatic rings. The lowest BCUT2D eigenvalue weighted by atomic mass is 10.1. The fourth-order valence-corrected chi connectivity index (χ4v) is 2.62. The first kappa shape index (κ1) is 15.7. The Bertz CT molecular complexity index is 873. The van der Waals surface area contributed by atoms with Gasteiger partial charge in [-0.15, -0.1) is 0 Å². The Labute approximate surface area is 139 Å². The molecule has 0 radical (unpaired) electrons. The summed E-state index contributed by atoms with van der Waals surface area (Å²) in [6, 6.07) is 9.92. The van der Waals surface area contributed by atoms with Crippen molar-refractivity contribution in [1.29, 1.82) is 0 Å². The number of methoxy groups -OCH3 is 1. The van der Waals surface area contributed by atoms with E-state index in [9.17, 15) is 14.4 Å². The van der Waals surface area contributed by atoms with Gasteiger partial charge in [-0.2, -0.15) is 0 Å². The SMILES string of the molecule is COc1ccc(C)cc1NC(=O)c1ccc2c(c1)C(=O)N(C)C2=O. The number of carbonyl (C=O) groups excluding carboxylic acids is 3. The number of nitrogens with one attached hydrogen (secondary N) is 1. The summed E-state index contributed by atoms with van der Waals surface area (Å²) in [7, 11) is 2.94. The molecule has 0 atom stereocenters. The number of amides is 3. The number of hydrogen-bond donors (Lipinski definition) is 1. The average Bonchev–Trinajstić information content (AvgIpc) is 2.79. The minimum Gasteiger partial charge on any atom is -0.495 e. The Kier molecular flexibility index (Phi) is 3.81. The van der Waals surface area contributed by atoms with Crippen LogP contribution in [0.2, 0.25) is 0 Å². The van der Waals surface area contributed by atoms with E-state index in [4.69, 9.17) is 4.74 Å². The average molecular weight is 324 g/mol. The molecule has 0 aliphatic carbocycles. The highest BCUT2D eigenvalue weighted by atomic mass is 16.5. The summed E-state index contributed by atoms with van der Waals surface area (Å²) in [5.74, 6) is -0.599. The molecule has 6 heteroatoms. The third-order valence-corrected chi connectivity index (χ3v) is 3.96. The number of ether oxygens (including phenoxy) is 1. The van der Waals surface area contributed by atoms with Crippen LogP contribution in [0.4, 0.5) is 5.69 Å². The summed E-state index contributed by atoms with van der Waals surface area (Å²) >= 11 is 0. The summed E-state index contributed by atoms with van der Waals surface area (Å²) in [5, 5.41) is 2.77. The maximum absolute atomic E-state index is 12.5. The molecule has 3 rings (SSSR count). The molecular weight excluding hydrogens is 308 g/mol. The topological polar surface area (TPSA) is 75.7 Å². The highest BCUT2D eigenvalue weighted by molar-refractivity contribution is 6.22. The molecule has 1 heterocycles. The van der Waals surface area contributed by atoms with Gasteiger partial charge < -0.3 is 10.1 Å². The van der Waals surface area contributed by atoms with Gasteiger partial charge in [0, 0.05) is 12.6 Å². The molecule has 1 N–H and O–H groups in total. The number of rotatable bonds is 3. The standard InChI is InChI=1S/C18H16N2O4/c1-10-4-7-15(24-3)14(8-10)19-16(21)11-5-6-12-13(9-11)18(23)20(2)17(12)22/h4-9H,1-3H3,(H,19,21). The molecule has 2 aromatic rings. The van der Waals surface area contributed by atoms with E-state index in [1.54, 1.807) is 12.1 Å². The van der Waals surface area contributed by atoms with Crippen molar-refractivity contribution in [2.75, 3.05) is 19.5 Å². The van der Waals surface area contributed by atoms with Crippen LogP contribution in [-0.2, 0) is 0 Å². The third-order valence-electron chi connectivity index (χ3n) is 3.96. The first-order chi connectivity index (χ1) is 11.4. The largest absolute Gasteiger partial charge is 0.495 e. The Morgan fingerprint density at radius 2 is 1.75 bits per heavy atom. The third kappa shape index (κ3) is 2.52. The Balaban J connectivity index is 1.92. The molecular formula is C18H16N2O4. The van der Waals surface area contributed by atoms with Crippen LogP contribution in [0.3, 0.4) is 0 Å². The van der Waals surface area contributed by atoms with Crippen molar-refractivity contribution in [3.05, 3.63) is 58.7 Å². The summed E-state index contributed by atoms with van der Waals surface area (Å²) in [4.78, 5) is 37.5. The Morgan fingerprint density at radius 1 is 1.04 bits per heavy atom. The lowest BCUT2D eigenvalue weighted by Gasteiger charge is -2.11. The molecule has 0 aromatic heterocycles. The van der Waals surface area contributed by atoms with Crippen molar-refractivity contribution in [3.63, 3.8) is 0 Å². The lowest BCUT2D eigenvalue weighted by molar-refractivity contribution is 0.0693. The van der Waals surface area contributed by atoms with Crippen molar-refractivity contribution in [2.45, 2.75) is 6.92 Å². The zero-order valence-corrected chi connectivity index (χ0v) is 13.5. The van der Waals surface area contributed by atoms with Crippen LogP contribution in [0.15, 0.2) is 36.4 Å². The van der Waals surface area contributed by atoms with E-state index < -0.39 is 5.91 Å². The number of benzene rings is 2. The first-order valence-electron chi connectivity index (χ1n) is 7.35. The van der Waals surface area contributed by atoms with E-state index in [1.165, 1.54) is 32.4 Å². The number of nitrogens with zero attached hydrogens (tertiary/aromatic N) is 1. The van der Waals surface area contributed by atoms with Gasteiger partial charge in [-0.05, 0) is 42.8 Å². The van der Waals surface area contributed by atoms with Crippen LogP contribution in [0, 0.1) is 6.92 Å². The normalized spacial score (nSPS) is 13.0. The van der Waals surface area contributed by atoms with E-state index in [1.807, 2.05) is 13.0 Å². The number of anilines is 1. The molecule has 0 saturated heterocycles. The number of carbonyl (C=O) groups is 3. The molecule has 0 unspecified atom stereocenters. The van der Waals surface area contributed by atoms with Crippen molar-refractivity contribution >= 4 is 23.4 Å². The Morgan fingerprint density at radius 3 is 2.46 bits per heavy atom. The molecule has 3 amide bonds. The minimum atomic E-state index is -0.405. The molecule has 1 aliphatic heterocycles. The molecule has 24 heavy (non-hydrogen) atoms. The maximum Gasteiger partial charge on any atom is 0.261 e. The number of fused-ring (bicyclic) bond motifs is 1. The lowest BCUT2D eigenvalue weighted by Crippen LogP contribution is -2.24. The summed E-state index contributed by atoms with van der Waals surface area (Å²) < 4.78 is 5.24. The second-order valence-corrected chi connectivity index (χ2v) is 5.59. The smallest absolute Gasteiger partial charge is 0.261 e. The van der Waals surface area contributed by atoms with Crippen molar-refractivity contribution in [1.82, 2.24) is 4.90 Å². The second kappa shape index (κ2) is 5.81. The zero-order valence-electron chi connectivity index (χ0n) is 13.5. The predicted octanol–water partition coefficient (Wildman–Crippen LogP) is 2.48. The highest BCUT2D eigenvalue weighted by Crippen LogP contribution is 2.27. The molecule has 2 aromatic carbocycles. The van der Waals surface area contributed by atoms with Crippen molar-refractivity contribution < 1.29 is 19.1 Å². The van der Waals surface area contributed by atoms with Gasteiger partial charge in [0.15, 0.2) is 0 Å². The van der Waals surface area contributed by atoms with Crippen molar-refractivity contribution in [2.24, 2.45) is 0 Å². The molecule has 0 spiro atoms. The van der Waals surface area contributed by atoms with Gasteiger partial charge in [0.05, 0.1) is 23.9 Å². The van der Waals surface area contributed by atoms with Crippen LogP contribution in [0.25, 0.3) is 0 Å². The van der Waals surface area contributed by atoms with E-state index >= 15 is 0 Å². The zero-order chi connectivity index (χ0) is 17.4. The maximum atomic E-state index is 12.5. The molecule has 6 nitrogen and oxygen atoms in total.